The number of carbonyl (C=O) groups is 2. The summed E-state index contributed by atoms with van der Waals surface area (Å²) in [5.41, 5.74) is 2.04. The minimum absolute atomic E-state index is 0.134. The molecule has 1 aromatic heterocycles. The lowest BCUT2D eigenvalue weighted by atomic mass is 10.2. The maximum absolute atomic E-state index is 12.2. The Morgan fingerprint density at radius 2 is 2.07 bits per heavy atom. The van der Waals surface area contributed by atoms with Crippen molar-refractivity contribution in [2.45, 2.75) is 37.8 Å². The summed E-state index contributed by atoms with van der Waals surface area (Å²) in [6, 6.07) is 8.72. The van der Waals surface area contributed by atoms with Crippen LogP contribution < -0.4 is 15.8 Å². The van der Waals surface area contributed by atoms with E-state index in [9.17, 15) is 14.4 Å². The van der Waals surface area contributed by atoms with Crippen LogP contribution in [0.5, 0.6) is 0 Å². The molecule has 8 heteroatoms. The van der Waals surface area contributed by atoms with Crippen LogP contribution in [0.3, 0.4) is 0 Å². The van der Waals surface area contributed by atoms with Gasteiger partial charge in [-0.15, -0.1) is 0 Å². The van der Waals surface area contributed by atoms with Crippen molar-refractivity contribution < 1.29 is 9.59 Å². The minimum Gasteiger partial charge on any atom is -0.325 e. The quantitative estimate of drug-likeness (QED) is 0.563. The van der Waals surface area contributed by atoms with Crippen LogP contribution in [0.2, 0.25) is 0 Å². The molecule has 1 aliphatic heterocycles. The zero-order valence-corrected chi connectivity index (χ0v) is 16.0. The second kappa shape index (κ2) is 8.85. The molecule has 2 N–H and O–H groups in total. The van der Waals surface area contributed by atoms with Crippen molar-refractivity contribution in [3.05, 3.63) is 46.4 Å². The molecule has 1 aromatic carbocycles. The number of thioether (sulfide) groups is 1. The lowest BCUT2D eigenvalue weighted by molar-refractivity contribution is -0.117. The Morgan fingerprint density at radius 1 is 1.30 bits per heavy atom. The van der Waals surface area contributed by atoms with E-state index in [0.29, 0.717) is 17.3 Å². The van der Waals surface area contributed by atoms with Crippen LogP contribution in [0.1, 0.15) is 31.9 Å². The van der Waals surface area contributed by atoms with E-state index in [-0.39, 0.29) is 23.1 Å². The molecule has 0 saturated carbocycles. The van der Waals surface area contributed by atoms with Crippen molar-refractivity contribution in [3.63, 3.8) is 0 Å². The second-order valence-electron chi connectivity index (χ2n) is 6.32. The van der Waals surface area contributed by atoms with Crippen LogP contribution >= 0.6 is 11.8 Å². The first kappa shape index (κ1) is 19.2. The Labute approximate surface area is 161 Å². The van der Waals surface area contributed by atoms with Crippen molar-refractivity contribution in [1.29, 1.82) is 0 Å². The van der Waals surface area contributed by atoms with Gasteiger partial charge in [0.1, 0.15) is 0 Å². The van der Waals surface area contributed by atoms with E-state index in [1.54, 1.807) is 17.0 Å². The third kappa shape index (κ3) is 5.19. The third-order valence-corrected chi connectivity index (χ3v) is 5.03. The fraction of sp³-hybridized carbons (Fsp3) is 0.368. The van der Waals surface area contributed by atoms with Gasteiger partial charge in [-0.3, -0.25) is 14.4 Å². The van der Waals surface area contributed by atoms with Crippen LogP contribution in [0, 0.1) is 0 Å². The van der Waals surface area contributed by atoms with E-state index in [4.69, 9.17) is 0 Å². The van der Waals surface area contributed by atoms with Crippen molar-refractivity contribution in [2.75, 3.05) is 22.5 Å². The monoisotopic (exact) mass is 386 g/mol. The molecule has 1 saturated heterocycles. The topological polar surface area (TPSA) is 95.2 Å². The first-order valence-electron chi connectivity index (χ1n) is 8.98. The summed E-state index contributed by atoms with van der Waals surface area (Å²) >= 11 is 1.19. The van der Waals surface area contributed by atoms with Gasteiger partial charge in [0.25, 0.3) is 5.56 Å². The Kier molecular flexibility index (Phi) is 6.28. The number of aromatic amines is 1. The molecule has 0 aliphatic carbocycles. The van der Waals surface area contributed by atoms with Crippen LogP contribution in [-0.4, -0.2) is 34.1 Å². The number of aromatic nitrogens is 2. The molecular weight excluding hydrogens is 364 g/mol. The summed E-state index contributed by atoms with van der Waals surface area (Å²) in [5, 5.41) is 3.26. The van der Waals surface area contributed by atoms with Crippen molar-refractivity contribution in [3.8, 4) is 0 Å². The molecule has 0 spiro atoms. The van der Waals surface area contributed by atoms with E-state index >= 15 is 0 Å². The molecule has 142 valence electrons. The molecule has 2 amide bonds. The molecule has 3 rings (SSSR count). The van der Waals surface area contributed by atoms with Crippen LogP contribution in [-0.2, 0) is 16.0 Å². The van der Waals surface area contributed by atoms with Gasteiger partial charge in [-0.05, 0) is 37.1 Å². The second-order valence-corrected chi connectivity index (χ2v) is 7.29. The highest BCUT2D eigenvalue weighted by atomic mass is 32.2. The normalized spacial score (nSPS) is 13.8. The van der Waals surface area contributed by atoms with Gasteiger partial charge >= 0.3 is 0 Å². The molecule has 0 radical (unpaired) electrons. The van der Waals surface area contributed by atoms with Gasteiger partial charge in [0.15, 0.2) is 5.16 Å². The average molecular weight is 386 g/mol. The molecule has 7 nitrogen and oxygen atoms in total. The highest BCUT2D eigenvalue weighted by Crippen LogP contribution is 2.23. The average Bonchev–Trinajstić information content (AvgIpc) is 3.06. The molecule has 0 unspecified atom stereocenters. The number of hydrogen-bond donors (Lipinski definition) is 2. The van der Waals surface area contributed by atoms with Gasteiger partial charge in [-0.25, -0.2) is 4.98 Å². The van der Waals surface area contributed by atoms with E-state index in [1.807, 2.05) is 19.1 Å². The first-order chi connectivity index (χ1) is 13.0. The number of benzene rings is 1. The summed E-state index contributed by atoms with van der Waals surface area (Å²) in [6.07, 6.45) is 3.10. The number of amides is 2. The van der Waals surface area contributed by atoms with E-state index in [1.165, 1.54) is 17.8 Å². The van der Waals surface area contributed by atoms with Crippen molar-refractivity contribution in [2.24, 2.45) is 0 Å². The number of nitrogens with one attached hydrogen (secondary N) is 2. The van der Waals surface area contributed by atoms with Crippen molar-refractivity contribution in [1.82, 2.24) is 9.97 Å². The molecule has 1 aliphatic rings. The van der Waals surface area contributed by atoms with E-state index in [2.05, 4.69) is 15.3 Å². The number of nitrogens with zero attached hydrogens (tertiary/aromatic N) is 2. The van der Waals surface area contributed by atoms with Gasteiger partial charge in [-0.2, -0.15) is 0 Å². The Hall–Kier alpha value is -2.61. The number of aryl methyl sites for hydroxylation is 1. The molecular formula is C19H22N4O3S. The number of H-pyrrole nitrogens is 1. The molecule has 2 aromatic rings. The Morgan fingerprint density at radius 3 is 2.74 bits per heavy atom. The standard InChI is InChI=1S/C19H22N4O3S/c1-2-4-14-11-16(24)22-19(21-14)27-12-17(25)20-13-6-8-15(9-7-13)23-10-3-5-18(23)26/h6-9,11H,2-5,10,12H2,1H3,(H,20,25)(H,21,22,24). The Bertz CT molecular complexity index is 879. The van der Waals surface area contributed by atoms with Gasteiger partial charge in [0, 0.05) is 36.1 Å². The fourth-order valence-electron chi connectivity index (χ4n) is 2.91. The smallest absolute Gasteiger partial charge is 0.251 e. The number of carbonyl (C=O) groups excluding carboxylic acids is 2. The van der Waals surface area contributed by atoms with E-state index in [0.717, 1.165) is 37.2 Å². The highest BCUT2D eigenvalue weighted by molar-refractivity contribution is 7.99. The number of anilines is 2. The van der Waals surface area contributed by atoms with Crippen LogP contribution in [0.25, 0.3) is 0 Å². The summed E-state index contributed by atoms with van der Waals surface area (Å²) < 4.78 is 0. The zero-order chi connectivity index (χ0) is 19.2. The highest BCUT2D eigenvalue weighted by Gasteiger charge is 2.21. The summed E-state index contributed by atoms with van der Waals surface area (Å²) in [5.74, 6) is 0.0914. The first-order valence-corrected chi connectivity index (χ1v) is 9.97. The molecule has 2 heterocycles. The minimum atomic E-state index is -0.205. The fourth-order valence-corrected chi connectivity index (χ4v) is 3.61. The largest absolute Gasteiger partial charge is 0.325 e. The lowest BCUT2D eigenvalue weighted by Crippen LogP contribution is -2.23. The van der Waals surface area contributed by atoms with Crippen molar-refractivity contribution >= 4 is 35.0 Å². The Balaban J connectivity index is 1.55. The molecule has 1 fully saturated rings. The molecule has 27 heavy (non-hydrogen) atoms. The SMILES string of the molecule is CCCc1cc(=O)[nH]c(SCC(=O)Nc2ccc(N3CCCC3=O)cc2)n1. The maximum Gasteiger partial charge on any atom is 0.251 e. The van der Waals surface area contributed by atoms with Gasteiger partial charge in [0.2, 0.25) is 11.8 Å². The lowest BCUT2D eigenvalue weighted by Gasteiger charge is -2.16. The summed E-state index contributed by atoms with van der Waals surface area (Å²) in [4.78, 5) is 44.3. The van der Waals surface area contributed by atoms with Crippen LogP contribution in [0.15, 0.2) is 40.3 Å². The summed E-state index contributed by atoms with van der Waals surface area (Å²) in [7, 11) is 0. The number of hydrogen-bond acceptors (Lipinski definition) is 5. The number of rotatable bonds is 7. The molecule has 0 atom stereocenters. The third-order valence-electron chi connectivity index (χ3n) is 4.16. The predicted molar refractivity (Wildman–Crippen MR) is 106 cm³/mol. The maximum atomic E-state index is 12.2. The van der Waals surface area contributed by atoms with Gasteiger partial charge in [-0.1, -0.05) is 25.1 Å². The van der Waals surface area contributed by atoms with E-state index < -0.39 is 0 Å². The van der Waals surface area contributed by atoms with Crippen LogP contribution in [0.4, 0.5) is 11.4 Å². The zero-order valence-electron chi connectivity index (χ0n) is 15.2. The van der Waals surface area contributed by atoms with Gasteiger partial charge in [0.05, 0.1) is 5.75 Å². The predicted octanol–water partition coefficient (Wildman–Crippen LogP) is 2.58. The summed E-state index contributed by atoms with van der Waals surface area (Å²) in [6.45, 7) is 2.76. The van der Waals surface area contributed by atoms with Gasteiger partial charge < -0.3 is 15.2 Å². The molecule has 0 bridgehead atoms.